The zero-order valence-corrected chi connectivity index (χ0v) is 21.3. The fourth-order valence-electron chi connectivity index (χ4n) is 4.80. The first-order chi connectivity index (χ1) is 17.0. The van der Waals surface area contributed by atoms with Gasteiger partial charge in [0.2, 0.25) is 5.91 Å². The Labute approximate surface area is 211 Å². The number of anilines is 1. The average molecular weight is 491 g/mol. The summed E-state index contributed by atoms with van der Waals surface area (Å²) in [6.45, 7) is 7.48. The third-order valence-electron chi connectivity index (χ3n) is 7.04. The Morgan fingerprint density at radius 2 is 1.67 bits per heavy atom. The summed E-state index contributed by atoms with van der Waals surface area (Å²) in [4.78, 5) is 52.5. The topological polar surface area (TPSA) is 108 Å². The number of urea groups is 1. The fraction of sp³-hybridized carbons (Fsp3) is 0.429. The Bertz CT molecular complexity index is 1180. The molecule has 190 valence electrons. The lowest BCUT2D eigenvalue weighted by Crippen LogP contribution is -2.42. The first kappa shape index (κ1) is 25.4. The van der Waals surface area contributed by atoms with Crippen LogP contribution < -0.4 is 16.0 Å². The number of rotatable bonds is 6. The maximum atomic E-state index is 13.3. The Kier molecular flexibility index (Phi) is 6.89. The third-order valence-corrected chi connectivity index (χ3v) is 7.04. The van der Waals surface area contributed by atoms with Crippen LogP contribution in [-0.2, 0) is 20.5 Å². The molecule has 1 saturated heterocycles. The molecule has 1 aliphatic carbocycles. The van der Waals surface area contributed by atoms with Gasteiger partial charge in [-0.3, -0.25) is 19.3 Å². The number of benzene rings is 2. The summed E-state index contributed by atoms with van der Waals surface area (Å²) < 4.78 is 0. The van der Waals surface area contributed by atoms with Gasteiger partial charge in [0, 0.05) is 6.04 Å². The predicted octanol–water partition coefficient (Wildman–Crippen LogP) is 4.06. The second kappa shape index (κ2) is 9.76. The third kappa shape index (κ3) is 5.12. The molecule has 5 amide bonds. The summed E-state index contributed by atoms with van der Waals surface area (Å²) in [5.41, 5.74) is 1.12. The molecule has 2 fully saturated rings. The zero-order valence-electron chi connectivity index (χ0n) is 21.3. The van der Waals surface area contributed by atoms with Gasteiger partial charge < -0.3 is 16.0 Å². The number of nitrogens with zero attached hydrogens (tertiary/aromatic N) is 1. The summed E-state index contributed by atoms with van der Waals surface area (Å²) in [6, 6.07) is 13.8. The number of para-hydroxylation sites is 1. The van der Waals surface area contributed by atoms with E-state index in [4.69, 9.17) is 0 Å². The first-order valence-corrected chi connectivity index (χ1v) is 12.4. The maximum Gasteiger partial charge on any atom is 0.325 e. The van der Waals surface area contributed by atoms with E-state index in [-0.39, 0.29) is 17.4 Å². The van der Waals surface area contributed by atoms with Crippen LogP contribution in [-0.4, -0.2) is 41.2 Å². The number of carbonyl (C=O) groups excluding carboxylic acids is 4. The Balaban J connectivity index is 1.45. The van der Waals surface area contributed by atoms with Crippen LogP contribution in [0.15, 0.2) is 48.5 Å². The molecule has 1 atom stereocenters. The number of carbonyl (C=O) groups is 4. The molecule has 4 rings (SSSR count). The van der Waals surface area contributed by atoms with Gasteiger partial charge in [0.25, 0.3) is 11.8 Å². The number of imide groups is 1. The second-order valence-electron chi connectivity index (χ2n) is 10.8. The molecule has 36 heavy (non-hydrogen) atoms. The number of hydrogen-bond acceptors (Lipinski definition) is 4. The largest absolute Gasteiger partial charge is 0.349 e. The van der Waals surface area contributed by atoms with Crippen LogP contribution >= 0.6 is 0 Å². The lowest BCUT2D eigenvalue weighted by Gasteiger charge is -2.24. The van der Waals surface area contributed by atoms with Crippen molar-refractivity contribution in [2.45, 2.75) is 70.4 Å². The van der Waals surface area contributed by atoms with Gasteiger partial charge in [-0.1, -0.05) is 70.0 Å². The van der Waals surface area contributed by atoms with Crippen molar-refractivity contribution in [3.05, 3.63) is 65.2 Å². The first-order valence-electron chi connectivity index (χ1n) is 12.4. The van der Waals surface area contributed by atoms with Crippen LogP contribution in [0.1, 0.15) is 74.9 Å². The highest BCUT2D eigenvalue weighted by Crippen LogP contribution is 2.31. The van der Waals surface area contributed by atoms with Crippen molar-refractivity contribution in [3.63, 3.8) is 0 Å². The van der Waals surface area contributed by atoms with E-state index in [2.05, 4.69) is 36.7 Å². The monoisotopic (exact) mass is 490 g/mol. The van der Waals surface area contributed by atoms with E-state index in [1.54, 1.807) is 31.2 Å². The molecule has 2 aliphatic rings. The average Bonchev–Trinajstić information content (AvgIpc) is 3.41. The second-order valence-corrected chi connectivity index (χ2v) is 10.8. The van der Waals surface area contributed by atoms with Crippen molar-refractivity contribution in [2.24, 2.45) is 0 Å². The van der Waals surface area contributed by atoms with Gasteiger partial charge in [-0.15, -0.1) is 0 Å². The summed E-state index contributed by atoms with van der Waals surface area (Å²) in [7, 11) is 0. The molecule has 8 heteroatoms. The van der Waals surface area contributed by atoms with Gasteiger partial charge in [-0.2, -0.15) is 0 Å². The van der Waals surface area contributed by atoms with Crippen molar-refractivity contribution < 1.29 is 19.2 Å². The number of nitrogens with one attached hydrogen (secondary N) is 3. The molecular weight excluding hydrogens is 456 g/mol. The van der Waals surface area contributed by atoms with E-state index in [0.29, 0.717) is 16.8 Å². The summed E-state index contributed by atoms with van der Waals surface area (Å²) in [6.07, 6.45) is 4.08. The maximum absolute atomic E-state index is 13.3. The zero-order chi connectivity index (χ0) is 26.1. The van der Waals surface area contributed by atoms with Crippen LogP contribution in [0, 0.1) is 0 Å². The summed E-state index contributed by atoms with van der Waals surface area (Å²) in [5.74, 6) is -1.32. The SMILES string of the molecule is CC(C)(C)c1ccc(C2(C)NC(=O)N(CC(=O)Nc3ccccc3C(=O)NC3CCCC3)C2=O)cc1. The van der Waals surface area contributed by atoms with Crippen LogP contribution in [0.2, 0.25) is 0 Å². The van der Waals surface area contributed by atoms with E-state index in [1.165, 1.54) is 0 Å². The molecule has 1 saturated carbocycles. The highest BCUT2D eigenvalue weighted by atomic mass is 16.2. The van der Waals surface area contributed by atoms with Gasteiger partial charge in [0.05, 0.1) is 11.3 Å². The van der Waals surface area contributed by atoms with Gasteiger partial charge in [-0.05, 0) is 48.4 Å². The standard InChI is InChI=1S/C28H34N4O4/c1-27(2,3)18-13-15-19(16-14-18)28(4)25(35)32(26(36)31-28)17-23(33)30-22-12-8-7-11-21(22)24(34)29-20-9-5-6-10-20/h7-8,11-16,20H,5-6,9-10,17H2,1-4H3,(H,29,34)(H,30,33)(H,31,36). The normalized spacial score (nSPS) is 20.4. The van der Waals surface area contributed by atoms with Gasteiger partial charge in [0.15, 0.2) is 0 Å². The van der Waals surface area contributed by atoms with Crippen LogP contribution in [0.25, 0.3) is 0 Å². The van der Waals surface area contributed by atoms with Crippen molar-refractivity contribution in [2.75, 3.05) is 11.9 Å². The quantitative estimate of drug-likeness (QED) is 0.531. The highest BCUT2D eigenvalue weighted by molar-refractivity contribution is 6.11. The van der Waals surface area contributed by atoms with E-state index >= 15 is 0 Å². The van der Waals surface area contributed by atoms with Crippen LogP contribution in [0.3, 0.4) is 0 Å². The summed E-state index contributed by atoms with van der Waals surface area (Å²) in [5, 5.41) is 8.46. The molecule has 3 N–H and O–H groups in total. The minimum Gasteiger partial charge on any atom is -0.349 e. The summed E-state index contributed by atoms with van der Waals surface area (Å²) >= 11 is 0. The molecule has 8 nitrogen and oxygen atoms in total. The van der Waals surface area contributed by atoms with Gasteiger partial charge in [-0.25, -0.2) is 4.79 Å². The Morgan fingerprint density at radius 1 is 1.03 bits per heavy atom. The van der Waals surface area contributed by atoms with Crippen LogP contribution in [0.5, 0.6) is 0 Å². The van der Waals surface area contributed by atoms with E-state index < -0.39 is 29.9 Å². The molecule has 0 radical (unpaired) electrons. The molecular formula is C28H34N4O4. The minimum atomic E-state index is -1.27. The Hall–Kier alpha value is -3.68. The highest BCUT2D eigenvalue weighted by Gasteiger charge is 2.49. The van der Waals surface area contributed by atoms with Crippen molar-refractivity contribution >= 4 is 29.4 Å². The van der Waals surface area contributed by atoms with Crippen molar-refractivity contribution in [3.8, 4) is 0 Å². The molecule has 0 aromatic heterocycles. The molecule has 1 unspecified atom stereocenters. The smallest absolute Gasteiger partial charge is 0.325 e. The van der Waals surface area contributed by atoms with Crippen LogP contribution in [0.4, 0.5) is 10.5 Å². The van der Waals surface area contributed by atoms with E-state index in [9.17, 15) is 19.2 Å². The van der Waals surface area contributed by atoms with Gasteiger partial charge in [0.1, 0.15) is 12.1 Å². The minimum absolute atomic E-state index is 0.0449. The van der Waals surface area contributed by atoms with E-state index in [0.717, 1.165) is 36.1 Å². The number of hydrogen-bond donors (Lipinski definition) is 3. The van der Waals surface area contributed by atoms with E-state index in [1.807, 2.05) is 24.3 Å². The fourth-order valence-corrected chi connectivity index (χ4v) is 4.80. The molecule has 0 spiro atoms. The molecule has 0 bridgehead atoms. The number of amides is 5. The van der Waals surface area contributed by atoms with Crippen molar-refractivity contribution in [1.29, 1.82) is 0 Å². The van der Waals surface area contributed by atoms with Gasteiger partial charge >= 0.3 is 6.03 Å². The lowest BCUT2D eigenvalue weighted by atomic mass is 9.84. The molecule has 1 heterocycles. The molecule has 2 aromatic rings. The predicted molar refractivity (Wildman–Crippen MR) is 138 cm³/mol. The van der Waals surface area contributed by atoms with Crippen molar-refractivity contribution in [1.82, 2.24) is 15.5 Å². The molecule has 1 aliphatic heterocycles. The lowest BCUT2D eigenvalue weighted by molar-refractivity contribution is -0.133. The Morgan fingerprint density at radius 3 is 2.31 bits per heavy atom. The molecule has 2 aromatic carbocycles.